The van der Waals surface area contributed by atoms with Crippen LogP contribution in [0.3, 0.4) is 0 Å². The summed E-state index contributed by atoms with van der Waals surface area (Å²) in [5, 5.41) is 3.07. The molecule has 0 aromatic carbocycles. The zero-order valence-corrected chi connectivity index (χ0v) is 10.6. The van der Waals surface area contributed by atoms with Crippen molar-refractivity contribution in [1.29, 1.82) is 0 Å². The first-order valence-corrected chi connectivity index (χ1v) is 5.95. The quantitative estimate of drug-likeness (QED) is 0.777. The Bertz CT molecular complexity index is 276. The van der Waals surface area contributed by atoms with Crippen LogP contribution < -0.4 is 5.32 Å². The average Bonchev–Trinajstić information content (AvgIpc) is 2.28. The standard InChI is InChI=1S/C11H19F3N2O2/c1-8(10(17)18-2)15-9-3-5-16(6-4-9)7-11(12,13)14/h8-9,15H,3-7H2,1-2H3/t8-/m0/s1. The number of rotatable bonds is 4. The highest BCUT2D eigenvalue weighted by Gasteiger charge is 2.32. The van der Waals surface area contributed by atoms with Crippen LogP contribution in [0, 0.1) is 0 Å². The number of likely N-dealkylation sites (tertiary alicyclic amines) is 1. The maximum atomic E-state index is 12.2. The molecule has 7 heteroatoms. The molecule has 0 spiro atoms. The smallest absolute Gasteiger partial charge is 0.401 e. The fourth-order valence-corrected chi connectivity index (χ4v) is 2.11. The van der Waals surface area contributed by atoms with Gasteiger partial charge in [-0.25, -0.2) is 0 Å². The number of piperidine rings is 1. The predicted molar refractivity (Wildman–Crippen MR) is 60.1 cm³/mol. The highest BCUT2D eigenvalue weighted by atomic mass is 19.4. The SMILES string of the molecule is COC(=O)[C@H](C)NC1CCN(CC(F)(F)F)CC1. The van der Waals surface area contributed by atoms with E-state index in [9.17, 15) is 18.0 Å². The number of halogens is 3. The van der Waals surface area contributed by atoms with Gasteiger partial charge in [0.05, 0.1) is 13.7 Å². The molecule has 106 valence electrons. The lowest BCUT2D eigenvalue weighted by Gasteiger charge is -2.33. The normalized spacial score (nSPS) is 20.7. The molecule has 0 radical (unpaired) electrons. The van der Waals surface area contributed by atoms with E-state index in [0.29, 0.717) is 25.9 Å². The molecule has 1 rings (SSSR count). The molecule has 1 atom stereocenters. The van der Waals surface area contributed by atoms with Crippen molar-refractivity contribution in [1.82, 2.24) is 10.2 Å². The summed E-state index contributed by atoms with van der Waals surface area (Å²) in [5.74, 6) is -0.354. The maximum absolute atomic E-state index is 12.2. The van der Waals surface area contributed by atoms with Crippen molar-refractivity contribution < 1.29 is 22.7 Å². The van der Waals surface area contributed by atoms with Crippen LogP contribution in [0.15, 0.2) is 0 Å². The third-order valence-electron chi connectivity index (χ3n) is 3.03. The largest absolute Gasteiger partial charge is 0.468 e. The van der Waals surface area contributed by atoms with Crippen LogP contribution in [-0.4, -0.2) is 55.9 Å². The summed E-state index contributed by atoms with van der Waals surface area (Å²) in [6.45, 7) is 1.62. The molecule has 0 amide bonds. The van der Waals surface area contributed by atoms with Crippen molar-refractivity contribution >= 4 is 5.97 Å². The number of hydrogen-bond acceptors (Lipinski definition) is 4. The number of nitrogens with one attached hydrogen (secondary N) is 1. The minimum Gasteiger partial charge on any atom is -0.468 e. The molecule has 0 unspecified atom stereocenters. The van der Waals surface area contributed by atoms with Crippen LogP contribution in [0.1, 0.15) is 19.8 Å². The molecule has 1 N–H and O–H groups in total. The molecule has 1 heterocycles. The fraction of sp³-hybridized carbons (Fsp3) is 0.909. The lowest BCUT2D eigenvalue weighted by molar-refractivity contribution is -0.148. The highest BCUT2D eigenvalue weighted by molar-refractivity contribution is 5.75. The Morgan fingerprint density at radius 3 is 2.44 bits per heavy atom. The summed E-state index contributed by atoms with van der Waals surface area (Å²) in [4.78, 5) is 12.6. The van der Waals surface area contributed by atoms with Gasteiger partial charge in [-0.1, -0.05) is 0 Å². The molecule has 1 aliphatic heterocycles. The molecule has 0 aromatic heterocycles. The molecule has 1 aliphatic rings. The monoisotopic (exact) mass is 268 g/mol. The lowest BCUT2D eigenvalue weighted by atomic mass is 10.0. The number of esters is 1. The first kappa shape index (κ1) is 15.2. The second kappa shape index (κ2) is 6.38. The van der Waals surface area contributed by atoms with Gasteiger partial charge in [0.1, 0.15) is 6.04 Å². The number of ether oxygens (including phenoxy) is 1. The van der Waals surface area contributed by atoms with Gasteiger partial charge in [-0.15, -0.1) is 0 Å². The van der Waals surface area contributed by atoms with Gasteiger partial charge in [0.15, 0.2) is 0 Å². The zero-order valence-electron chi connectivity index (χ0n) is 10.6. The van der Waals surface area contributed by atoms with Gasteiger partial charge in [-0.2, -0.15) is 13.2 Å². The van der Waals surface area contributed by atoms with Crippen LogP contribution in [-0.2, 0) is 9.53 Å². The van der Waals surface area contributed by atoms with Crippen LogP contribution in [0.2, 0.25) is 0 Å². The topological polar surface area (TPSA) is 41.6 Å². The number of carbonyl (C=O) groups excluding carboxylic acids is 1. The predicted octanol–water partition coefficient (Wildman–Crippen LogP) is 1.16. The van der Waals surface area contributed by atoms with Gasteiger partial charge in [-0.3, -0.25) is 9.69 Å². The van der Waals surface area contributed by atoms with Gasteiger partial charge < -0.3 is 10.1 Å². The summed E-state index contributed by atoms with van der Waals surface area (Å²) >= 11 is 0. The molecular weight excluding hydrogens is 249 g/mol. The molecular formula is C11H19F3N2O2. The van der Waals surface area contributed by atoms with Crippen LogP contribution in [0.5, 0.6) is 0 Å². The molecule has 18 heavy (non-hydrogen) atoms. The Hall–Kier alpha value is -0.820. The number of alkyl halides is 3. The third-order valence-corrected chi connectivity index (χ3v) is 3.03. The third kappa shape index (κ3) is 5.22. The van der Waals surface area contributed by atoms with Crippen molar-refractivity contribution in [2.75, 3.05) is 26.7 Å². The van der Waals surface area contributed by atoms with Crippen molar-refractivity contribution in [3.05, 3.63) is 0 Å². The Morgan fingerprint density at radius 1 is 1.44 bits per heavy atom. The fourth-order valence-electron chi connectivity index (χ4n) is 2.11. The summed E-state index contributed by atoms with van der Waals surface area (Å²) in [6, 6.07) is -0.349. The number of carbonyl (C=O) groups is 1. The van der Waals surface area contributed by atoms with Crippen molar-refractivity contribution in [2.24, 2.45) is 0 Å². The zero-order chi connectivity index (χ0) is 13.8. The Labute approximate surface area is 104 Å². The van der Waals surface area contributed by atoms with Gasteiger partial charge in [-0.05, 0) is 32.9 Å². The van der Waals surface area contributed by atoms with Crippen LogP contribution >= 0.6 is 0 Å². The first-order chi connectivity index (χ1) is 8.31. The number of nitrogens with zero attached hydrogens (tertiary/aromatic N) is 1. The molecule has 0 saturated carbocycles. The second-order valence-corrected chi connectivity index (χ2v) is 4.58. The van der Waals surface area contributed by atoms with Crippen LogP contribution in [0.25, 0.3) is 0 Å². The van der Waals surface area contributed by atoms with Gasteiger partial charge in [0.2, 0.25) is 0 Å². The van der Waals surface area contributed by atoms with E-state index in [4.69, 9.17) is 0 Å². The average molecular weight is 268 g/mol. The van der Waals surface area contributed by atoms with Gasteiger partial charge in [0, 0.05) is 6.04 Å². The first-order valence-electron chi connectivity index (χ1n) is 5.95. The van der Waals surface area contributed by atoms with E-state index in [-0.39, 0.29) is 12.0 Å². The minimum atomic E-state index is -4.14. The van der Waals surface area contributed by atoms with Gasteiger partial charge >= 0.3 is 12.1 Å². The van der Waals surface area contributed by atoms with E-state index in [1.807, 2.05) is 0 Å². The number of hydrogen-bond donors (Lipinski definition) is 1. The molecule has 0 aliphatic carbocycles. The maximum Gasteiger partial charge on any atom is 0.401 e. The Kier molecular flexibility index (Phi) is 5.40. The van der Waals surface area contributed by atoms with Crippen molar-refractivity contribution in [3.8, 4) is 0 Å². The Morgan fingerprint density at radius 2 is 2.00 bits per heavy atom. The minimum absolute atomic E-state index is 0.0728. The van der Waals surface area contributed by atoms with E-state index in [1.165, 1.54) is 12.0 Å². The summed E-state index contributed by atoms with van der Waals surface area (Å²) in [7, 11) is 1.31. The van der Waals surface area contributed by atoms with E-state index in [0.717, 1.165) is 0 Å². The second-order valence-electron chi connectivity index (χ2n) is 4.58. The highest BCUT2D eigenvalue weighted by Crippen LogP contribution is 2.19. The molecule has 1 saturated heterocycles. The van der Waals surface area contributed by atoms with E-state index >= 15 is 0 Å². The molecule has 4 nitrogen and oxygen atoms in total. The van der Waals surface area contributed by atoms with Crippen molar-refractivity contribution in [3.63, 3.8) is 0 Å². The van der Waals surface area contributed by atoms with Crippen LogP contribution in [0.4, 0.5) is 13.2 Å². The summed E-state index contributed by atoms with van der Waals surface area (Å²) < 4.78 is 41.1. The molecule has 1 fully saturated rings. The van der Waals surface area contributed by atoms with E-state index in [1.54, 1.807) is 6.92 Å². The summed E-state index contributed by atoms with van der Waals surface area (Å²) in [5.41, 5.74) is 0. The van der Waals surface area contributed by atoms with Gasteiger partial charge in [0.25, 0.3) is 0 Å². The molecule has 0 aromatic rings. The lowest BCUT2D eigenvalue weighted by Crippen LogP contribution is -2.49. The van der Waals surface area contributed by atoms with E-state index in [2.05, 4.69) is 10.1 Å². The molecule has 0 bridgehead atoms. The summed E-state index contributed by atoms with van der Waals surface area (Å²) in [6.07, 6.45) is -2.92. The number of methoxy groups -OCH3 is 1. The van der Waals surface area contributed by atoms with Crippen molar-refractivity contribution in [2.45, 2.75) is 38.0 Å². The Balaban J connectivity index is 2.29. The van der Waals surface area contributed by atoms with E-state index < -0.39 is 18.8 Å².